The largest absolute Gasteiger partial charge is 0.452 e. The van der Waals surface area contributed by atoms with Gasteiger partial charge in [0.1, 0.15) is 0 Å². The van der Waals surface area contributed by atoms with Gasteiger partial charge in [0.15, 0.2) is 0 Å². The molecule has 0 radical (unpaired) electrons. The summed E-state index contributed by atoms with van der Waals surface area (Å²) in [5, 5.41) is 3.90. The quantitative estimate of drug-likeness (QED) is 0.595. The van der Waals surface area contributed by atoms with Crippen LogP contribution in [0, 0.1) is 6.92 Å². The number of hydrazone groups is 1. The van der Waals surface area contributed by atoms with Crippen LogP contribution in [0.15, 0.2) is 29.4 Å². The van der Waals surface area contributed by atoms with Gasteiger partial charge < -0.3 is 4.74 Å². The van der Waals surface area contributed by atoms with Gasteiger partial charge in [-0.25, -0.2) is 10.2 Å². The SMILES string of the molecule is COC(=O)N/N=C(\C)c1cccc(C)c1. The zero-order valence-corrected chi connectivity index (χ0v) is 9.07. The minimum absolute atomic E-state index is 0.568. The van der Waals surface area contributed by atoms with Crippen LogP contribution in [0.2, 0.25) is 0 Å². The molecule has 0 bridgehead atoms. The summed E-state index contributed by atoms with van der Waals surface area (Å²) in [5.74, 6) is 0. The average Bonchev–Trinajstić information content (AvgIpc) is 2.25. The van der Waals surface area contributed by atoms with E-state index in [1.165, 1.54) is 7.11 Å². The summed E-state index contributed by atoms with van der Waals surface area (Å²) in [7, 11) is 1.30. The molecule has 1 N–H and O–H groups in total. The minimum atomic E-state index is -0.568. The van der Waals surface area contributed by atoms with Crippen LogP contribution in [0.5, 0.6) is 0 Å². The van der Waals surface area contributed by atoms with Crippen molar-refractivity contribution in [1.82, 2.24) is 5.43 Å². The Bertz CT molecular complexity index is 386. The number of carbonyl (C=O) groups is 1. The normalized spacial score (nSPS) is 11.0. The lowest BCUT2D eigenvalue weighted by molar-refractivity contribution is 0.171. The van der Waals surface area contributed by atoms with Crippen LogP contribution in [0.3, 0.4) is 0 Å². The van der Waals surface area contributed by atoms with Crippen molar-refractivity contribution in [3.05, 3.63) is 35.4 Å². The molecule has 1 aromatic carbocycles. The first-order chi connectivity index (χ1) is 7.13. The third kappa shape index (κ3) is 3.42. The number of carbonyl (C=O) groups excluding carboxylic acids is 1. The molecule has 1 aromatic rings. The number of nitrogens with one attached hydrogen (secondary N) is 1. The number of nitrogens with zero attached hydrogens (tertiary/aromatic N) is 1. The van der Waals surface area contributed by atoms with Gasteiger partial charge in [-0.1, -0.05) is 29.8 Å². The standard InChI is InChI=1S/C11H14N2O2/c1-8-5-4-6-10(7-8)9(2)12-13-11(14)15-3/h4-7H,1-3H3,(H,13,14)/b12-9+. The number of hydrogen-bond donors (Lipinski definition) is 1. The zero-order valence-electron chi connectivity index (χ0n) is 9.07. The Morgan fingerprint density at radius 1 is 1.47 bits per heavy atom. The lowest BCUT2D eigenvalue weighted by Crippen LogP contribution is -2.18. The molecule has 0 aliphatic heterocycles. The monoisotopic (exact) mass is 206 g/mol. The van der Waals surface area contributed by atoms with E-state index in [2.05, 4.69) is 15.3 Å². The van der Waals surface area contributed by atoms with Crippen LogP contribution in [-0.2, 0) is 4.74 Å². The Morgan fingerprint density at radius 2 is 2.20 bits per heavy atom. The van der Waals surface area contributed by atoms with Gasteiger partial charge in [-0.05, 0) is 19.4 Å². The molecule has 0 aromatic heterocycles. The number of amides is 1. The number of aryl methyl sites for hydroxylation is 1. The van der Waals surface area contributed by atoms with Crippen molar-refractivity contribution in [2.24, 2.45) is 5.10 Å². The van der Waals surface area contributed by atoms with Gasteiger partial charge in [0.25, 0.3) is 0 Å². The molecule has 0 fully saturated rings. The van der Waals surface area contributed by atoms with E-state index in [0.29, 0.717) is 0 Å². The molecule has 0 aliphatic rings. The maximum absolute atomic E-state index is 10.8. The highest BCUT2D eigenvalue weighted by atomic mass is 16.5. The van der Waals surface area contributed by atoms with E-state index in [9.17, 15) is 4.79 Å². The third-order valence-electron chi connectivity index (χ3n) is 1.94. The summed E-state index contributed by atoms with van der Waals surface area (Å²) in [6.45, 7) is 3.83. The van der Waals surface area contributed by atoms with Gasteiger partial charge in [0.2, 0.25) is 0 Å². The van der Waals surface area contributed by atoms with Gasteiger partial charge in [-0.15, -0.1) is 0 Å². The van der Waals surface area contributed by atoms with Crippen molar-refractivity contribution in [3.63, 3.8) is 0 Å². The van der Waals surface area contributed by atoms with Gasteiger partial charge >= 0.3 is 6.09 Å². The van der Waals surface area contributed by atoms with Crippen LogP contribution in [0.4, 0.5) is 4.79 Å². The molecule has 4 heteroatoms. The van der Waals surface area contributed by atoms with Gasteiger partial charge in [-0.2, -0.15) is 5.10 Å². The molecular formula is C11H14N2O2. The van der Waals surface area contributed by atoms with Crippen LogP contribution < -0.4 is 5.43 Å². The molecule has 4 nitrogen and oxygen atoms in total. The molecule has 0 atom stereocenters. The van der Waals surface area contributed by atoms with E-state index in [4.69, 9.17) is 0 Å². The summed E-state index contributed by atoms with van der Waals surface area (Å²) in [6, 6.07) is 7.88. The van der Waals surface area contributed by atoms with Gasteiger partial charge in [0, 0.05) is 0 Å². The lowest BCUT2D eigenvalue weighted by atomic mass is 10.1. The molecule has 0 saturated heterocycles. The number of hydrogen-bond acceptors (Lipinski definition) is 3. The molecule has 0 saturated carbocycles. The van der Waals surface area contributed by atoms with Crippen molar-refractivity contribution in [3.8, 4) is 0 Å². The summed E-state index contributed by atoms with van der Waals surface area (Å²) in [5.41, 5.74) is 5.15. The number of benzene rings is 1. The maximum atomic E-state index is 10.8. The van der Waals surface area contributed by atoms with E-state index >= 15 is 0 Å². The first-order valence-electron chi connectivity index (χ1n) is 4.59. The van der Waals surface area contributed by atoms with E-state index in [-0.39, 0.29) is 0 Å². The van der Waals surface area contributed by atoms with Gasteiger partial charge in [-0.3, -0.25) is 0 Å². The van der Waals surface area contributed by atoms with Crippen LogP contribution in [-0.4, -0.2) is 18.9 Å². The van der Waals surface area contributed by atoms with E-state index in [0.717, 1.165) is 16.8 Å². The molecule has 1 amide bonds. The Hall–Kier alpha value is -1.84. The number of rotatable bonds is 2. The molecule has 0 aliphatic carbocycles. The summed E-state index contributed by atoms with van der Waals surface area (Å²) in [6.07, 6.45) is -0.568. The Balaban J connectivity index is 2.75. The first kappa shape index (κ1) is 11.2. The minimum Gasteiger partial charge on any atom is -0.452 e. The third-order valence-corrected chi connectivity index (χ3v) is 1.94. The summed E-state index contributed by atoms with van der Waals surface area (Å²) in [4.78, 5) is 10.8. The van der Waals surface area contributed by atoms with Crippen LogP contribution in [0.25, 0.3) is 0 Å². The van der Waals surface area contributed by atoms with Crippen molar-refractivity contribution in [2.45, 2.75) is 13.8 Å². The topological polar surface area (TPSA) is 50.7 Å². The fourth-order valence-electron chi connectivity index (χ4n) is 1.11. The Labute approximate surface area is 88.9 Å². The zero-order chi connectivity index (χ0) is 11.3. The van der Waals surface area contributed by atoms with Crippen molar-refractivity contribution in [2.75, 3.05) is 7.11 Å². The molecule has 0 unspecified atom stereocenters. The second-order valence-electron chi connectivity index (χ2n) is 3.17. The Morgan fingerprint density at radius 3 is 2.80 bits per heavy atom. The molecule has 80 valence electrons. The fraction of sp³-hybridized carbons (Fsp3) is 0.273. The number of ether oxygens (including phenoxy) is 1. The lowest BCUT2D eigenvalue weighted by Gasteiger charge is -2.02. The van der Waals surface area contributed by atoms with E-state index < -0.39 is 6.09 Å². The van der Waals surface area contributed by atoms with Crippen molar-refractivity contribution in [1.29, 1.82) is 0 Å². The maximum Gasteiger partial charge on any atom is 0.427 e. The number of methoxy groups -OCH3 is 1. The first-order valence-corrected chi connectivity index (χ1v) is 4.59. The van der Waals surface area contributed by atoms with Crippen LogP contribution >= 0.6 is 0 Å². The molecule has 0 heterocycles. The summed E-state index contributed by atoms with van der Waals surface area (Å²) < 4.78 is 4.40. The van der Waals surface area contributed by atoms with Crippen molar-refractivity contribution >= 4 is 11.8 Å². The van der Waals surface area contributed by atoms with E-state index in [1.54, 1.807) is 0 Å². The highest BCUT2D eigenvalue weighted by Gasteiger charge is 1.99. The van der Waals surface area contributed by atoms with Crippen molar-refractivity contribution < 1.29 is 9.53 Å². The molecular weight excluding hydrogens is 192 g/mol. The highest BCUT2D eigenvalue weighted by Crippen LogP contribution is 2.04. The molecule has 15 heavy (non-hydrogen) atoms. The highest BCUT2D eigenvalue weighted by molar-refractivity contribution is 5.99. The van der Waals surface area contributed by atoms with E-state index in [1.807, 2.05) is 38.1 Å². The second kappa shape index (κ2) is 5.14. The predicted molar refractivity (Wildman–Crippen MR) is 58.9 cm³/mol. The Kier molecular flexibility index (Phi) is 3.85. The summed E-state index contributed by atoms with van der Waals surface area (Å²) >= 11 is 0. The van der Waals surface area contributed by atoms with Crippen LogP contribution in [0.1, 0.15) is 18.1 Å². The smallest absolute Gasteiger partial charge is 0.427 e. The molecule has 1 rings (SSSR count). The van der Waals surface area contributed by atoms with Gasteiger partial charge in [0.05, 0.1) is 12.8 Å². The fourth-order valence-corrected chi connectivity index (χ4v) is 1.11. The predicted octanol–water partition coefficient (Wildman–Crippen LogP) is 2.08. The second-order valence-corrected chi connectivity index (χ2v) is 3.17. The average molecular weight is 206 g/mol. The molecule has 0 spiro atoms.